The van der Waals surface area contributed by atoms with E-state index in [0.29, 0.717) is 26.4 Å². The molecule has 1 atom stereocenters. The van der Waals surface area contributed by atoms with Gasteiger partial charge < -0.3 is 4.74 Å². The second-order valence-electron chi connectivity index (χ2n) is 6.09. The summed E-state index contributed by atoms with van der Waals surface area (Å²) in [6, 6.07) is 10.6. The summed E-state index contributed by atoms with van der Waals surface area (Å²) in [5, 5.41) is 5.59. The molecular formula is C20H15Cl2FN2O3S. The predicted octanol–water partition coefficient (Wildman–Crippen LogP) is 5.37. The van der Waals surface area contributed by atoms with E-state index in [4.69, 9.17) is 27.9 Å². The zero-order valence-corrected chi connectivity index (χ0v) is 17.4. The van der Waals surface area contributed by atoms with Gasteiger partial charge in [0.25, 0.3) is 5.91 Å². The van der Waals surface area contributed by atoms with Crippen molar-refractivity contribution in [3.05, 3.63) is 69.3 Å². The van der Waals surface area contributed by atoms with Crippen molar-refractivity contribution in [2.24, 2.45) is 0 Å². The Labute approximate surface area is 180 Å². The summed E-state index contributed by atoms with van der Waals surface area (Å²) in [5.74, 6) is -1.49. The molecule has 0 fully saturated rings. The Kier molecular flexibility index (Phi) is 6.84. The predicted molar refractivity (Wildman–Crippen MR) is 112 cm³/mol. The molecule has 1 unspecified atom stereocenters. The number of hydrogen-bond acceptors (Lipinski definition) is 5. The third-order valence-corrected chi connectivity index (χ3v) is 5.39. The van der Waals surface area contributed by atoms with Crippen molar-refractivity contribution in [2.45, 2.75) is 19.4 Å². The lowest BCUT2D eigenvalue weighted by Crippen LogP contribution is -2.30. The molecule has 0 aliphatic rings. The number of nitrogens with one attached hydrogen (secondary N) is 1. The van der Waals surface area contributed by atoms with Gasteiger partial charge in [0.1, 0.15) is 5.82 Å². The highest BCUT2D eigenvalue weighted by atomic mass is 35.5. The monoisotopic (exact) mass is 452 g/mol. The van der Waals surface area contributed by atoms with E-state index in [9.17, 15) is 14.0 Å². The second-order valence-corrected chi connectivity index (χ2v) is 7.76. The number of aromatic nitrogens is 1. The topological polar surface area (TPSA) is 68.3 Å². The number of amides is 1. The Morgan fingerprint density at radius 2 is 1.90 bits per heavy atom. The number of carbonyl (C=O) groups excluding carboxylic acids is 2. The summed E-state index contributed by atoms with van der Waals surface area (Å²) < 4.78 is 18.0. The maximum atomic E-state index is 12.9. The fraction of sp³-hybridized carbons (Fsp3) is 0.150. The van der Waals surface area contributed by atoms with Gasteiger partial charge in [-0.25, -0.2) is 9.37 Å². The highest BCUT2D eigenvalue weighted by Crippen LogP contribution is 2.30. The summed E-state index contributed by atoms with van der Waals surface area (Å²) >= 11 is 13.2. The largest absolute Gasteiger partial charge is 0.452 e. The first-order valence-corrected chi connectivity index (χ1v) is 10.1. The summed E-state index contributed by atoms with van der Waals surface area (Å²) in [6.07, 6.45) is -1.07. The van der Waals surface area contributed by atoms with Gasteiger partial charge in [0.2, 0.25) is 0 Å². The standard InChI is InChI=1S/C20H15Cl2FN2O3S/c1-11(28-18(26)8-12-2-5-14(23)6-3-12)19(27)25-20-24-17(10-29-20)13-4-7-15(21)16(22)9-13/h2-7,9-11H,8H2,1H3,(H,24,25,27). The number of thiazole rings is 1. The van der Waals surface area contributed by atoms with Crippen molar-refractivity contribution < 1.29 is 18.7 Å². The Morgan fingerprint density at radius 3 is 2.59 bits per heavy atom. The average Bonchev–Trinajstić information content (AvgIpc) is 3.14. The Bertz CT molecular complexity index is 1040. The molecule has 3 aromatic rings. The SMILES string of the molecule is CC(OC(=O)Cc1ccc(F)cc1)C(=O)Nc1nc(-c2ccc(Cl)c(Cl)c2)cs1. The maximum Gasteiger partial charge on any atom is 0.311 e. The van der Waals surface area contributed by atoms with Crippen LogP contribution in [0.5, 0.6) is 0 Å². The van der Waals surface area contributed by atoms with Crippen LogP contribution in [-0.2, 0) is 20.7 Å². The molecule has 1 heterocycles. The minimum atomic E-state index is -1.01. The van der Waals surface area contributed by atoms with E-state index in [-0.39, 0.29) is 6.42 Å². The van der Waals surface area contributed by atoms with Crippen LogP contribution in [0, 0.1) is 5.82 Å². The lowest BCUT2D eigenvalue weighted by molar-refractivity contribution is -0.152. The first-order valence-electron chi connectivity index (χ1n) is 8.47. The molecule has 3 rings (SSSR count). The summed E-state index contributed by atoms with van der Waals surface area (Å²) in [5.41, 5.74) is 1.98. The average molecular weight is 453 g/mol. The quantitative estimate of drug-likeness (QED) is 0.510. The molecule has 2 aromatic carbocycles. The Morgan fingerprint density at radius 1 is 1.17 bits per heavy atom. The van der Waals surface area contributed by atoms with Gasteiger partial charge >= 0.3 is 5.97 Å². The van der Waals surface area contributed by atoms with Crippen molar-refractivity contribution in [3.8, 4) is 11.3 Å². The maximum absolute atomic E-state index is 12.9. The van der Waals surface area contributed by atoms with Gasteiger partial charge in [0.05, 0.1) is 22.2 Å². The highest BCUT2D eigenvalue weighted by Gasteiger charge is 2.19. The number of nitrogens with zero attached hydrogens (tertiary/aromatic N) is 1. The summed E-state index contributed by atoms with van der Waals surface area (Å²) in [7, 11) is 0. The molecule has 5 nitrogen and oxygen atoms in total. The third-order valence-electron chi connectivity index (χ3n) is 3.89. The fourth-order valence-corrected chi connectivity index (χ4v) is 3.41. The lowest BCUT2D eigenvalue weighted by atomic mass is 10.1. The molecule has 0 spiro atoms. The van der Waals surface area contributed by atoms with Crippen molar-refractivity contribution >= 4 is 51.5 Å². The minimum Gasteiger partial charge on any atom is -0.452 e. The second kappa shape index (κ2) is 9.35. The number of benzene rings is 2. The molecule has 29 heavy (non-hydrogen) atoms. The van der Waals surface area contributed by atoms with Crippen LogP contribution < -0.4 is 5.32 Å². The van der Waals surface area contributed by atoms with Crippen LogP contribution in [0.2, 0.25) is 10.0 Å². The number of anilines is 1. The molecular weight excluding hydrogens is 438 g/mol. The minimum absolute atomic E-state index is 0.0589. The number of ether oxygens (including phenoxy) is 1. The number of rotatable bonds is 6. The first-order chi connectivity index (χ1) is 13.8. The zero-order chi connectivity index (χ0) is 21.0. The van der Waals surface area contributed by atoms with E-state index in [1.165, 1.54) is 42.5 Å². The van der Waals surface area contributed by atoms with E-state index < -0.39 is 23.8 Å². The molecule has 150 valence electrons. The van der Waals surface area contributed by atoms with Crippen LogP contribution in [0.1, 0.15) is 12.5 Å². The van der Waals surface area contributed by atoms with Gasteiger partial charge in [-0.1, -0.05) is 41.4 Å². The molecule has 0 saturated carbocycles. The lowest BCUT2D eigenvalue weighted by Gasteiger charge is -2.12. The normalized spacial score (nSPS) is 11.7. The van der Waals surface area contributed by atoms with Crippen LogP contribution in [0.15, 0.2) is 47.8 Å². The number of carbonyl (C=O) groups is 2. The van der Waals surface area contributed by atoms with E-state index in [1.54, 1.807) is 23.6 Å². The van der Waals surface area contributed by atoms with Crippen LogP contribution in [0.25, 0.3) is 11.3 Å². The molecule has 0 radical (unpaired) electrons. The van der Waals surface area contributed by atoms with Crippen LogP contribution >= 0.6 is 34.5 Å². The van der Waals surface area contributed by atoms with Gasteiger partial charge in [-0.2, -0.15) is 0 Å². The smallest absolute Gasteiger partial charge is 0.311 e. The molecule has 1 aromatic heterocycles. The molecule has 0 bridgehead atoms. The van der Waals surface area contributed by atoms with Crippen LogP contribution in [-0.4, -0.2) is 23.0 Å². The first kappa shape index (κ1) is 21.2. The van der Waals surface area contributed by atoms with Gasteiger partial charge in [0.15, 0.2) is 11.2 Å². The van der Waals surface area contributed by atoms with Gasteiger partial charge in [-0.05, 0) is 36.8 Å². The fourth-order valence-electron chi connectivity index (χ4n) is 2.39. The van der Waals surface area contributed by atoms with Gasteiger partial charge in [-0.3, -0.25) is 14.9 Å². The Hall–Kier alpha value is -2.48. The number of esters is 1. The van der Waals surface area contributed by atoms with Crippen LogP contribution in [0.4, 0.5) is 9.52 Å². The molecule has 1 amide bonds. The van der Waals surface area contributed by atoms with E-state index in [2.05, 4.69) is 10.3 Å². The molecule has 9 heteroatoms. The van der Waals surface area contributed by atoms with Crippen molar-refractivity contribution in [2.75, 3.05) is 5.32 Å². The van der Waals surface area contributed by atoms with Crippen molar-refractivity contribution in [3.63, 3.8) is 0 Å². The van der Waals surface area contributed by atoms with Crippen LogP contribution in [0.3, 0.4) is 0 Å². The van der Waals surface area contributed by atoms with Gasteiger partial charge in [0, 0.05) is 10.9 Å². The molecule has 0 aliphatic carbocycles. The zero-order valence-electron chi connectivity index (χ0n) is 15.1. The summed E-state index contributed by atoms with van der Waals surface area (Å²) in [6.45, 7) is 1.46. The Balaban J connectivity index is 1.56. The highest BCUT2D eigenvalue weighted by molar-refractivity contribution is 7.14. The van der Waals surface area contributed by atoms with Crippen molar-refractivity contribution in [1.29, 1.82) is 0 Å². The van der Waals surface area contributed by atoms with E-state index in [0.717, 1.165) is 5.56 Å². The third kappa shape index (κ3) is 5.76. The number of hydrogen-bond donors (Lipinski definition) is 1. The molecule has 1 N–H and O–H groups in total. The van der Waals surface area contributed by atoms with E-state index >= 15 is 0 Å². The molecule has 0 saturated heterocycles. The summed E-state index contributed by atoms with van der Waals surface area (Å²) in [4.78, 5) is 28.6. The van der Waals surface area contributed by atoms with Crippen molar-refractivity contribution in [1.82, 2.24) is 4.98 Å². The van der Waals surface area contributed by atoms with Gasteiger partial charge in [-0.15, -0.1) is 11.3 Å². The molecule has 0 aliphatic heterocycles. The van der Waals surface area contributed by atoms with E-state index in [1.807, 2.05) is 0 Å². The number of halogens is 3.